The number of nitro benzene ring substituents is 1. The fraction of sp³-hybridized carbons (Fsp3) is 0.188. The van der Waals surface area contributed by atoms with Crippen LogP contribution in [0.5, 0.6) is 11.5 Å². The van der Waals surface area contributed by atoms with Gasteiger partial charge in [-0.15, -0.1) is 0 Å². The number of nitro groups is 1. The number of nitrogens with zero attached hydrogens (tertiary/aromatic N) is 2. The van der Waals surface area contributed by atoms with Gasteiger partial charge in [-0.1, -0.05) is 0 Å². The lowest BCUT2D eigenvalue weighted by atomic mass is 10.2. The molecule has 0 aliphatic rings. The molecule has 2 amide bonds. The lowest BCUT2D eigenvalue weighted by molar-refractivity contribution is -0.384. The van der Waals surface area contributed by atoms with Crippen molar-refractivity contribution in [3.8, 4) is 11.5 Å². The van der Waals surface area contributed by atoms with E-state index >= 15 is 0 Å². The maximum Gasteiger partial charge on any atom is 0.333 e. The highest BCUT2D eigenvalue weighted by Gasteiger charge is 2.09. The Labute approximate surface area is 139 Å². The van der Waals surface area contributed by atoms with Crippen LogP contribution in [0.15, 0.2) is 42.5 Å². The third kappa shape index (κ3) is 4.68. The van der Waals surface area contributed by atoms with Crippen LogP contribution < -0.4 is 15.5 Å². The first-order valence-electron chi connectivity index (χ1n) is 7.13. The van der Waals surface area contributed by atoms with E-state index in [-0.39, 0.29) is 11.7 Å². The number of urea groups is 1. The maximum atomic E-state index is 11.6. The van der Waals surface area contributed by atoms with Gasteiger partial charge in [0, 0.05) is 31.9 Å². The van der Waals surface area contributed by atoms with Gasteiger partial charge in [0.25, 0.3) is 5.69 Å². The summed E-state index contributed by atoms with van der Waals surface area (Å²) in [7, 11) is 3.42. The normalized spacial score (nSPS) is 10.3. The summed E-state index contributed by atoms with van der Waals surface area (Å²) in [6, 6.07) is 10.9. The summed E-state index contributed by atoms with van der Waals surface area (Å²) >= 11 is 0. The fourth-order valence-electron chi connectivity index (χ4n) is 1.96. The molecule has 2 N–H and O–H groups in total. The number of non-ortho nitro benzene ring substituents is 1. The van der Waals surface area contributed by atoms with E-state index in [1.54, 1.807) is 51.4 Å². The second-order valence-corrected chi connectivity index (χ2v) is 5.29. The van der Waals surface area contributed by atoms with Crippen LogP contribution in [0, 0.1) is 17.0 Å². The molecule has 0 fully saturated rings. The number of rotatable bonds is 5. The van der Waals surface area contributed by atoms with Gasteiger partial charge in [0.1, 0.15) is 11.5 Å². The molecule has 126 valence electrons. The van der Waals surface area contributed by atoms with Gasteiger partial charge >= 0.3 is 6.03 Å². The van der Waals surface area contributed by atoms with Crippen LogP contribution in [0.2, 0.25) is 0 Å². The van der Waals surface area contributed by atoms with Crippen LogP contribution in [0.25, 0.3) is 0 Å². The number of ether oxygens (including phenoxy) is 1. The molecule has 0 aromatic heterocycles. The van der Waals surface area contributed by atoms with Gasteiger partial charge in [-0.05, 0) is 42.8 Å². The summed E-state index contributed by atoms with van der Waals surface area (Å²) in [5.74, 6) is 1.09. The maximum absolute atomic E-state index is 11.6. The summed E-state index contributed by atoms with van der Waals surface area (Å²) in [6.45, 7) is 1.74. The highest BCUT2D eigenvalue weighted by atomic mass is 16.6. The molecular formula is C16H18N4O4. The summed E-state index contributed by atoms with van der Waals surface area (Å²) in [6.07, 6.45) is 0. The van der Waals surface area contributed by atoms with E-state index in [9.17, 15) is 14.9 Å². The number of carbonyl (C=O) groups excluding carboxylic acids is 1. The number of carbonyl (C=O) groups is 1. The second kappa shape index (κ2) is 7.42. The number of benzene rings is 2. The first kappa shape index (κ1) is 17.2. The Morgan fingerprint density at radius 3 is 2.38 bits per heavy atom. The molecule has 24 heavy (non-hydrogen) atoms. The molecule has 2 aromatic rings. The van der Waals surface area contributed by atoms with E-state index in [2.05, 4.69) is 10.7 Å². The van der Waals surface area contributed by atoms with E-state index in [1.807, 2.05) is 0 Å². The quantitative estimate of drug-likeness (QED) is 0.647. The fourth-order valence-corrected chi connectivity index (χ4v) is 1.96. The van der Waals surface area contributed by atoms with E-state index < -0.39 is 4.92 Å². The van der Waals surface area contributed by atoms with Crippen LogP contribution in [-0.2, 0) is 0 Å². The summed E-state index contributed by atoms with van der Waals surface area (Å²) in [4.78, 5) is 21.9. The van der Waals surface area contributed by atoms with Gasteiger partial charge in [-0.3, -0.25) is 15.5 Å². The number of hydrazine groups is 1. The van der Waals surface area contributed by atoms with E-state index in [4.69, 9.17) is 4.74 Å². The van der Waals surface area contributed by atoms with Crippen molar-refractivity contribution in [1.29, 1.82) is 0 Å². The number of aryl methyl sites for hydroxylation is 1. The second-order valence-electron chi connectivity index (χ2n) is 5.29. The average Bonchev–Trinajstić information content (AvgIpc) is 2.50. The number of anilines is 1. The minimum absolute atomic E-state index is 0.0197. The molecule has 0 aliphatic heterocycles. The zero-order valence-electron chi connectivity index (χ0n) is 13.6. The Hall–Kier alpha value is -3.13. The molecule has 0 bridgehead atoms. The molecule has 2 rings (SSSR count). The number of hydrogen-bond donors (Lipinski definition) is 2. The van der Waals surface area contributed by atoms with Crippen molar-refractivity contribution in [2.45, 2.75) is 6.92 Å². The van der Waals surface area contributed by atoms with Crippen LogP contribution in [-0.4, -0.2) is 30.1 Å². The van der Waals surface area contributed by atoms with E-state index in [0.29, 0.717) is 22.7 Å². The Bertz CT molecular complexity index is 744. The minimum Gasteiger partial charge on any atom is -0.457 e. The molecule has 0 aliphatic carbocycles. The van der Waals surface area contributed by atoms with Crippen molar-refractivity contribution in [3.63, 3.8) is 0 Å². The summed E-state index contributed by atoms with van der Waals surface area (Å²) < 4.78 is 5.71. The highest BCUT2D eigenvalue weighted by molar-refractivity contribution is 5.88. The molecule has 2 aromatic carbocycles. The van der Waals surface area contributed by atoms with Crippen LogP contribution in [0.1, 0.15) is 5.56 Å². The number of amides is 2. The van der Waals surface area contributed by atoms with Crippen LogP contribution >= 0.6 is 0 Å². The standard InChI is InChI=1S/C16H18N4O4/c1-11-10-13(20(22)23)6-9-15(11)24-14-7-4-12(5-8-14)17-16(21)18-19(2)3/h4-10H,1-3H3,(H2,17,18,21). The van der Waals surface area contributed by atoms with Gasteiger partial charge in [0.15, 0.2) is 0 Å². The van der Waals surface area contributed by atoms with E-state index in [0.717, 1.165) is 0 Å². The van der Waals surface area contributed by atoms with Gasteiger partial charge in [-0.25, -0.2) is 9.80 Å². The largest absolute Gasteiger partial charge is 0.457 e. The SMILES string of the molecule is Cc1cc([N+](=O)[O-])ccc1Oc1ccc(NC(=O)NN(C)C)cc1. The average molecular weight is 330 g/mol. The monoisotopic (exact) mass is 330 g/mol. The highest BCUT2D eigenvalue weighted by Crippen LogP contribution is 2.28. The molecule has 0 spiro atoms. The zero-order valence-corrected chi connectivity index (χ0v) is 13.6. The Morgan fingerprint density at radius 1 is 1.17 bits per heavy atom. The van der Waals surface area contributed by atoms with Gasteiger partial charge < -0.3 is 10.1 Å². The smallest absolute Gasteiger partial charge is 0.333 e. The molecule has 0 radical (unpaired) electrons. The summed E-state index contributed by atoms with van der Waals surface area (Å²) in [5.41, 5.74) is 3.86. The molecule has 0 saturated carbocycles. The van der Waals surface area contributed by atoms with Crippen molar-refractivity contribution >= 4 is 17.4 Å². The zero-order chi connectivity index (χ0) is 17.7. The third-order valence-corrected chi connectivity index (χ3v) is 3.03. The topological polar surface area (TPSA) is 96.7 Å². The van der Waals surface area contributed by atoms with Crippen molar-refractivity contribution in [2.24, 2.45) is 0 Å². The Morgan fingerprint density at radius 2 is 1.83 bits per heavy atom. The molecule has 8 heteroatoms. The molecule has 0 saturated heterocycles. The van der Waals surface area contributed by atoms with Gasteiger partial charge in [0.05, 0.1) is 4.92 Å². The molecule has 0 heterocycles. The number of hydrogen-bond acceptors (Lipinski definition) is 5. The molecule has 0 unspecified atom stereocenters. The minimum atomic E-state index is -0.448. The summed E-state index contributed by atoms with van der Waals surface area (Å²) in [5, 5.41) is 14.9. The van der Waals surface area contributed by atoms with Crippen LogP contribution in [0.4, 0.5) is 16.2 Å². The molecular weight excluding hydrogens is 312 g/mol. The van der Waals surface area contributed by atoms with Crippen molar-refractivity contribution < 1.29 is 14.5 Å². The number of nitrogens with one attached hydrogen (secondary N) is 2. The first-order valence-corrected chi connectivity index (χ1v) is 7.13. The Balaban J connectivity index is 2.04. The first-order chi connectivity index (χ1) is 11.3. The predicted octanol–water partition coefficient (Wildman–Crippen LogP) is 3.29. The predicted molar refractivity (Wildman–Crippen MR) is 90.2 cm³/mol. The molecule has 0 atom stereocenters. The van der Waals surface area contributed by atoms with Gasteiger partial charge in [0.2, 0.25) is 0 Å². The van der Waals surface area contributed by atoms with Gasteiger partial charge in [-0.2, -0.15) is 0 Å². The lowest BCUT2D eigenvalue weighted by Gasteiger charge is -2.13. The van der Waals surface area contributed by atoms with Crippen molar-refractivity contribution in [1.82, 2.24) is 10.4 Å². The Kier molecular flexibility index (Phi) is 5.33. The molecule has 8 nitrogen and oxygen atoms in total. The third-order valence-electron chi connectivity index (χ3n) is 3.03. The lowest BCUT2D eigenvalue weighted by Crippen LogP contribution is -2.39. The van der Waals surface area contributed by atoms with Crippen LogP contribution in [0.3, 0.4) is 0 Å². The van der Waals surface area contributed by atoms with Crippen molar-refractivity contribution in [2.75, 3.05) is 19.4 Å². The van der Waals surface area contributed by atoms with Crippen molar-refractivity contribution in [3.05, 3.63) is 58.1 Å². The van der Waals surface area contributed by atoms with E-state index in [1.165, 1.54) is 17.1 Å².